The number of hydrogen-bond donors (Lipinski definition) is 3. The van der Waals surface area contributed by atoms with Crippen LogP contribution in [-0.2, 0) is 11.3 Å². The zero-order chi connectivity index (χ0) is 15.2. The van der Waals surface area contributed by atoms with E-state index >= 15 is 0 Å². The van der Waals surface area contributed by atoms with Crippen LogP contribution in [-0.4, -0.2) is 36.9 Å². The lowest BCUT2D eigenvalue weighted by Gasteiger charge is -2.17. The Hall–Kier alpha value is -2.08. The summed E-state index contributed by atoms with van der Waals surface area (Å²) >= 11 is 0. The van der Waals surface area contributed by atoms with Gasteiger partial charge in [-0.1, -0.05) is 12.1 Å². The molecule has 1 aliphatic rings. The Kier molecular flexibility index (Phi) is 5.16. The number of carbonyl (C=O) groups is 2. The number of carboxylic acid groups (broad SMARTS) is 1. The van der Waals surface area contributed by atoms with Gasteiger partial charge < -0.3 is 20.5 Å². The van der Waals surface area contributed by atoms with Crippen molar-refractivity contribution < 1.29 is 19.4 Å². The van der Waals surface area contributed by atoms with Gasteiger partial charge in [0.1, 0.15) is 0 Å². The molecule has 6 nitrogen and oxygen atoms in total. The molecule has 0 aliphatic heterocycles. The maximum atomic E-state index is 11.8. The Balaban J connectivity index is 1.78. The average Bonchev–Trinajstić information content (AvgIpc) is 3.29. The van der Waals surface area contributed by atoms with E-state index in [-0.39, 0.29) is 17.6 Å². The zero-order valence-electron chi connectivity index (χ0n) is 12.0. The van der Waals surface area contributed by atoms with E-state index in [2.05, 4.69) is 10.6 Å². The number of nitrogens with one attached hydrogen (secondary N) is 2. The Morgan fingerprint density at radius 2 is 2.00 bits per heavy atom. The molecule has 3 N–H and O–H groups in total. The lowest BCUT2D eigenvalue weighted by Crippen LogP contribution is -2.45. The van der Waals surface area contributed by atoms with Crippen molar-refractivity contribution in [1.82, 2.24) is 10.6 Å². The number of carboxylic acids is 1. The largest absolute Gasteiger partial charge is 0.478 e. The van der Waals surface area contributed by atoms with Gasteiger partial charge in [0.2, 0.25) is 0 Å². The van der Waals surface area contributed by atoms with Crippen LogP contribution < -0.4 is 10.6 Å². The van der Waals surface area contributed by atoms with Crippen molar-refractivity contribution in [3.8, 4) is 0 Å². The van der Waals surface area contributed by atoms with E-state index in [0.29, 0.717) is 19.1 Å². The van der Waals surface area contributed by atoms with Gasteiger partial charge in [0, 0.05) is 13.7 Å². The van der Waals surface area contributed by atoms with Crippen LogP contribution in [0.3, 0.4) is 0 Å². The molecule has 0 bridgehead atoms. The van der Waals surface area contributed by atoms with Crippen LogP contribution in [0.25, 0.3) is 0 Å². The van der Waals surface area contributed by atoms with E-state index < -0.39 is 5.97 Å². The molecule has 2 amide bonds. The molecule has 1 saturated carbocycles. The quantitative estimate of drug-likeness (QED) is 0.712. The number of amides is 2. The summed E-state index contributed by atoms with van der Waals surface area (Å²) in [6, 6.07) is 6.26. The van der Waals surface area contributed by atoms with Crippen molar-refractivity contribution in [3.05, 3.63) is 35.4 Å². The predicted octanol–water partition coefficient (Wildman–Crippen LogP) is 1.61. The maximum absolute atomic E-state index is 11.8. The molecule has 1 unspecified atom stereocenters. The van der Waals surface area contributed by atoms with E-state index in [0.717, 1.165) is 18.4 Å². The van der Waals surface area contributed by atoms with Gasteiger partial charge in [0.05, 0.1) is 18.2 Å². The van der Waals surface area contributed by atoms with Gasteiger partial charge in [0.25, 0.3) is 0 Å². The highest BCUT2D eigenvalue weighted by atomic mass is 16.5. The smallest absolute Gasteiger partial charge is 0.335 e. The summed E-state index contributed by atoms with van der Waals surface area (Å²) in [6.07, 6.45) is 2.26. The number of carbonyl (C=O) groups excluding carboxylic acids is 1. The first-order valence-electron chi connectivity index (χ1n) is 6.95. The topological polar surface area (TPSA) is 87.7 Å². The van der Waals surface area contributed by atoms with Crippen molar-refractivity contribution in [3.63, 3.8) is 0 Å². The number of hydrogen-bond acceptors (Lipinski definition) is 3. The summed E-state index contributed by atoms with van der Waals surface area (Å²) in [6.45, 7) is 0.876. The van der Waals surface area contributed by atoms with E-state index in [1.807, 2.05) is 0 Å². The molecule has 0 aromatic heterocycles. The molecule has 6 heteroatoms. The monoisotopic (exact) mass is 292 g/mol. The molecule has 1 aliphatic carbocycles. The average molecular weight is 292 g/mol. The highest BCUT2D eigenvalue weighted by molar-refractivity contribution is 5.87. The highest BCUT2D eigenvalue weighted by Gasteiger charge is 2.32. The van der Waals surface area contributed by atoms with Gasteiger partial charge in [-0.2, -0.15) is 0 Å². The Morgan fingerprint density at radius 3 is 2.52 bits per heavy atom. The van der Waals surface area contributed by atoms with Crippen molar-refractivity contribution in [2.45, 2.75) is 25.4 Å². The molecule has 1 atom stereocenters. The number of urea groups is 1. The van der Waals surface area contributed by atoms with Crippen LogP contribution in [0, 0.1) is 5.92 Å². The molecule has 1 aromatic rings. The van der Waals surface area contributed by atoms with Crippen LogP contribution in [0.4, 0.5) is 4.79 Å². The lowest BCUT2D eigenvalue weighted by atomic mass is 10.1. The number of benzene rings is 1. The Morgan fingerprint density at radius 1 is 1.33 bits per heavy atom. The molecule has 1 aromatic carbocycles. The summed E-state index contributed by atoms with van der Waals surface area (Å²) in [5.74, 6) is -0.440. The van der Waals surface area contributed by atoms with Gasteiger partial charge in [-0.15, -0.1) is 0 Å². The standard InChI is InChI=1S/C15H20N2O4/c1-21-9-13(11-6-7-11)17-15(20)16-8-10-2-4-12(5-3-10)14(18)19/h2-5,11,13H,6-9H2,1H3,(H,18,19)(H2,16,17,20). The van der Waals surface area contributed by atoms with Crippen LogP contribution in [0.5, 0.6) is 0 Å². The summed E-state index contributed by atoms with van der Waals surface area (Å²) < 4.78 is 5.11. The third-order valence-electron chi connectivity index (χ3n) is 3.51. The predicted molar refractivity (Wildman–Crippen MR) is 77.2 cm³/mol. The van der Waals surface area contributed by atoms with Gasteiger partial charge in [0.15, 0.2) is 0 Å². The van der Waals surface area contributed by atoms with Crippen molar-refractivity contribution in [2.24, 2.45) is 5.92 Å². The first-order chi connectivity index (χ1) is 10.1. The van der Waals surface area contributed by atoms with Gasteiger partial charge in [-0.3, -0.25) is 0 Å². The molecule has 0 radical (unpaired) electrons. The molecule has 0 spiro atoms. The molecule has 1 fully saturated rings. The number of aromatic carboxylic acids is 1. The number of methoxy groups -OCH3 is 1. The third kappa shape index (κ3) is 4.75. The van der Waals surface area contributed by atoms with Crippen LogP contribution in [0.1, 0.15) is 28.8 Å². The fourth-order valence-electron chi connectivity index (χ4n) is 2.14. The molecular formula is C15H20N2O4. The molecule has 0 saturated heterocycles. The summed E-state index contributed by atoms with van der Waals surface area (Å²) in [5.41, 5.74) is 1.09. The third-order valence-corrected chi connectivity index (χ3v) is 3.51. The molecule has 21 heavy (non-hydrogen) atoms. The minimum atomic E-state index is -0.959. The normalized spacial score (nSPS) is 15.3. The van der Waals surface area contributed by atoms with Crippen LogP contribution >= 0.6 is 0 Å². The van der Waals surface area contributed by atoms with Gasteiger partial charge in [-0.25, -0.2) is 9.59 Å². The Bertz CT molecular complexity index is 497. The summed E-state index contributed by atoms with van der Waals surface area (Å²) in [5, 5.41) is 14.5. The molecule has 114 valence electrons. The van der Waals surface area contributed by atoms with Gasteiger partial charge in [-0.05, 0) is 36.5 Å². The first-order valence-corrected chi connectivity index (χ1v) is 6.95. The van der Waals surface area contributed by atoms with E-state index in [9.17, 15) is 9.59 Å². The second kappa shape index (κ2) is 7.08. The minimum Gasteiger partial charge on any atom is -0.478 e. The first kappa shape index (κ1) is 15.3. The molecular weight excluding hydrogens is 272 g/mol. The number of ether oxygens (including phenoxy) is 1. The fourth-order valence-corrected chi connectivity index (χ4v) is 2.14. The van der Waals surface area contributed by atoms with Crippen molar-refractivity contribution in [2.75, 3.05) is 13.7 Å². The van der Waals surface area contributed by atoms with Crippen LogP contribution in [0.15, 0.2) is 24.3 Å². The Labute approximate surface area is 123 Å². The second-order valence-corrected chi connectivity index (χ2v) is 5.23. The second-order valence-electron chi connectivity index (χ2n) is 5.23. The van der Waals surface area contributed by atoms with Crippen molar-refractivity contribution in [1.29, 1.82) is 0 Å². The summed E-state index contributed by atoms with van der Waals surface area (Å²) in [4.78, 5) is 22.6. The lowest BCUT2D eigenvalue weighted by molar-refractivity contribution is 0.0697. The number of rotatable bonds is 7. The van der Waals surface area contributed by atoms with E-state index in [1.54, 1.807) is 19.2 Å². The fraction of sp³-hybridized carbons (Fsp3) is 0.467. The maximum Gasteiger partial charge on any atom is 0.335 e. The van der Waals surface area contributed by atoms with Crippen LogP contribution in [0.2, 0.25) is 0 Å². The SMILES string of the molecule is COCC(NC(=O)NCc1ccc(C(=O)O)cc1)C1CC1. The molecule has 2 rings (SSSR count). The zero-order valence-corrected chi connectivity index (χ0v) is 12.0. The van der Waals surface area contributed by atoms with E-state index in [1.165, 1.54) is 12.1 Å². The van der Waals surface area contributed by atoms with Crippen molar-refractivity contribution >= 4 is 12.0 Å². The van der Waals surface area contributed by atoms with Gasteiger partial charge >= 0.3 is 12.0 Å². The summed E-state index contributed by atoms with van der Waals surface area (Å²) in [7, 11) is 1.62. The highest BCUT2D eigenvalue weighted by Crippen LogP contribution is 2.32. The molecule has 0 heterocycles. The van der Waals surface area contributed by atoms with E-state index in [4.69, 9.17) is 9.84 Å². The minimum absolute atomic E-state index is 0.0596.